The van der Waals surface area contributed by atoms with Crippen molar-refractivity contribution in [1.82, 2.24) is 4.90 Å². The van der Waals surface area contributed by atoms with E-state index >= 15 is 0 Å². The Morgan fingerprint density at radius 2 is 1.95 bits per heavy atom. The number of carbonyl (C=O) groups excluding carboxylic acids is 1. The Hall–Kier alpha value is -1.02. The lowest BCUT2D eigenvalue weighted by Gasteiger charge is -2.37. The molecule has 1 amide bonds. The molecule has 1 saturated heterocycles. The van der Waals surface area contributed by atoms with Gasteiger partial charge in [0.2, 0.25) is 0 Å². The molecule has 2 unspecified atom stereocenters. The Bertz CT molecular complexity index is 354. The molecule has 1 N–H and O–H groups in total. The van der Waals surface area contributed by atoms with Crippen LogP contribution in [-0.4, -0.2) is 53.9 Å². The monoisotopic (exact) mass is 313 g/mol. The third-order valence-corrected chi connectivity index (χ3v) is 3.10. The van der Waals surface area contributed by atoms with E-state index in [0.717, 1.165) is 0 Å². The van der Waals surface area contributed by atoms with Gasteiger partial charge in [0, 0.05) is 19.0 Å². The fraction of sp³-hybridized carbons (Fsp3) is 0.923. The number of nitrogens with zero attached hydrogens (tertiary/aromatic N) is 1. The van der Waals surface area contributed by atoms with Crippen molar-refractivity contribution in [2.45, 2.75) is 51.7 Å². The van der Waals surface area contributed by atoms with Crippen LogP contribution in [0.5, 0.6) is 0 Å². The molecule has 0 aromatic carbocycles. The number of halogens is 3. The van der Waals surface area contributed by atoms with Gasteiger partial charge >= 0.3 is 12.5 Å². The second kappa shape index (κ2) is 6.83. The van der Waals surface area contributed by atoms with E-state index in [1.54, 1.807) is 20.8 Å². The minimum absolute atomic E-state index is 0.0278. The number of ether oxygens (including phenoxy) is 2. The molecule has 124 valence electrons. The van der Waals surface area contributed by atoms with Gasteiger partial charge in [-0.2, -0.15) is 0 Å². The molecule has 0 radical (unpaired) electrons. The van der Waals surface area contributed by atoms with Crippen molar-refractivity contribution in [2.24, 2.45) is 5.92 Å². The second-order valence-corrected chi connectivity index (χ2v) is 6.13. The minimum atomic E-state index is -4.68. The Labute approximate surface area is 122 Å². The van der Waals surface area contributed by atoms with E-state index in [4.69, 9.17) is 4.74 Å². The normalized spacial score (nSPS) is 24.0. The van der Waals surface area contributed by atoms with E-state index in [9.17, 15) is 23.1 Å². The van der Waals surface area contributed by atoms with Crippen molar-refractivity contribution in [3.63, 3.8) is 0 Å². The van der Waals surface area contributed by atoms with E-state index < -0.39 is 36.7 Å². The lowest BCUT2D eigenvalue weighted by atomic mass is 9.92. The molecule has 1 aliphatic heterocycles. The number of likely N-dealkylation sites (tertiary alicyclic amines) is 1. The molecular formula is C13H22F3NO4. The number of aliphatic hydroxyl groups excluding tert-OH is 1. The first-order chi connectivity index (χ1) is 9.48. The molecule has 21 heavy (non-hydrogen) atoms. The largest absolute Gasteiger partial charge is 0.522 e. The summed E-state index contributed by atoms with van der Waals surface area (Å²) in [7, 11) is 0. The summed E-state index contributed by atoms with van der Waals surface area (Å²) in [6, 6.07) is 0. The molecule has 1 heterocycles. The molecule has 0 aromatic heterocycles. The molecule has 0 saturated carbocycles. The molecule has 1 fully saturated rings. The SMILES string of the molecule is CC(C)(C)OC(=O)N1CCC(O)C(CCOC(F)(F)F)C1. The van der Waals surface area contributed by atoms with Crippen molar-refractivity contribution in [3.05, 3.63) is 0 Å². The number of hydrogen-bond acceptors (Lipinski definition) is 4. The first-order valence-electron chi connectivity index (χ1n) is 6.84. The maximum atomic E-state index is 11.9. The van der Waals surface area contributed by atoms with Gasteiger partial charge in [0.05, 0.1) is 12.7 Å². The van der Waals surface area contributed by atoms with Gasteiger partial charge in [0.25, 0.3) is 0 Å². The zero-order chi connectivity index (χ0) is 16.3. The van der Waals surface area contributed by atoms with Crippen molar-refractivity contribution in [3.8, 4) is 0 Å². The average Bonchev–Trinajstić information content (AvgIpc) is 2.27. The maximum absolute atomic E-state index is 11.9. The standard InChI is InChI=1S/C13H22F3NO4/c1-12(2,3)21-11(19)17-6-4-10(18)9(8-17)5-7-20-13(14,15)16/h9-10,18H,4-8H2,1-3H3. The van der Waals surface area contributed by atoms with Crippen LogP contribution in [0.15, 0.2) is 0 Å². The van der Waals surface area contributed by atoms with Crippen LogP contribution in [0.2, 0.25) is 0 Å². The van der Waals surface area contributed by atoms with Crippen molar-refractivity contribution in [2.75, 3.05) is 19.7 Å². The fourth-order valence-electron chi connectivity index (χ4n) is 2.12. The lowest BCUT2D eigenvalue weighted by molar-refractivity contribution is -0.325. The summed E-state index contributed by atoms with van der Waals surface area (Å²) in [5, 5.41) is 9.81. The number of rotatable bonds is 3. The quantitative estimate of drug-likeness (QED) is 0.870. The lowest BCUT2D eigenvalue weighted by Crippen LogP contribution is -2.48. The Kier molecular flexibility index (Phi) is 5.86. The summed E-state index contributed by atoms with van der Waals surface area (Å²) in [6.45, 7) is 5.16. The van der Waals surface area contributed by atoms with Gasteiger partial charge in [-0.05, 0) is 33.6 Å². The predicted molar refractivity (Wildman–Crippen MR) is 68.5 cm³/mol. The highest BCUT2D eigenvalue weighted by Gasteiger charge is 2.34. The van der Waals surface area contributed by atoms with Crippen LogP contribution in [0.4, 0.5) is 18.0 Å². The summed E-state index contributed by atoms with van der Waals surface area (Å²) >= 11 is 0. The number of alkyl halides is 3. The van der Waals surface area contributed by atoms with Crippen LogP contribution in [0.3, 0.4) is 0 Å². The van der Waals surface area contributed by atoms with Crippen LogP contribution < -0.4 is 0 Å². The summed E-state index contributed by atoms with van der Waals surface area (Å²) in [5.74, 6) is -0.450. The predicted octanol–water partition coefficient (Wildman–Crippen LogP) is 2.53. The van der Waals surface area contributed by atoms with Crippen LogP contribution in [-0.2, 0) is 9.47 Å². The average molecular weight is 313 g/mol. The molecule has 0 bridgehead atoms. The van der Waals surface area contributed by atoms with Crippen LogP contribution in [0.25, 0.3) is 0 Å². The molecule has 1 aliphatic rings. The van der Waals surface area contributed by atoms with Crippen LogP contribution in [0, 0.1) is 5.92 Å². The van der Waals surface area contributed by atoms with Gasteiger partial charge in [-0.3, -0.25) is 4.74 Å². The van der Waals surface area contributed by atoms with Crippen LogP contribution >= 0.6 is 0 Å². The highest BCUT2D eigenvalue weighted by molar-refractivity contribution is 5.68. The molecule has 0 aliphatic carbocycles. The molecule has 0 aromatic rings. The molecule has 2 atom stereocenters. The van der Waals surface area contributed by atoms with Gasteiger partial charge in [0.1, 0.15) is 5.60 Å². The summed E-state index contributed by atoms with van der Waals surface area (Å²) in [5.41, 5.74) is -0.637. The van der Waals surface area contributed by atoms with E-state index in [0.29, 0.717) is 13.0 Å². The Morgan fingerprint density at radius 3 is 2.48 bits per heavy atom. The van der Waals surface area contributed by atoms with E-state index in [1.807, 2.05) is 0 Å². The van der Waals surface area contributed by atoms with Crippen molar-refractivity contribution >= 4 is 6.09 Å². The molecule has 0 spiro atoms. The van der Waals surface area contributed by atoms with Crippen LogP contribution in [0.1, 0.15) is 33.6 Å². The third-order valence-electron chi connectivity index (χ3n) is 3.10. The highest BCUT2D eigenvalue weighted by atomic mass is 19.4. The molecular weight excluding hydrogens is 291 g/mol. The van der Waals surface area contributed by atoms with Gasteiger partial charge in [0.15, 0.2) is 0 Å². The summed E-state index contributed by atoms with van der Waals surface area (Å²) < 4.78 is 44.7. The summed E-state index contributed by atoms with van der Waals surface area (Å²) in [4.78, 5) is 13.3. The Balaban J connectivity index is 2.48. The van der Waals surface area contributed by atoms with Crippen molar-refractivity contribution < 1.29 is 32.5 Å². The maximum Gasteiger partial charge on any atom is 0.522 e. The van der Waals surface area contributed by atoms with Gasteiger partial charge in [-0.25, -0.2) is 4.79 Å². The fourth-order valence-corrected chi connectivity index (χ4v) is 2.12. The Morgan fingerprint density at radius 1 is 1.33 bits per heavy atom. The van der Waals surface area contributed by atoms with Gasteiger partial charge < -0.3 is 14.7 Å². The molecule has 5 nitrogen and oxygen atoms in total. The van der Waals surface area contributed by atoms with E-state index in [2.05, 4.69) is 4.74 Å². The minimum Gasteiger partial charge on any atom is -0.444 e. The summed E-state index contributed by atoms with van der Waals surface area (Å²) in [6.07, 6.45) is -5.59. The smallest absolute Gasteiger partial charge is 0.444 e. The van der Waals surface area contributed by atoms with E-state index in [1.165, 1.54) is 4.90 Å². The number of amides is 1. The first-order valence-corrected chi connectivity index (χ1v) is 6.84. The zero-order valence-electron chi connectivity index (χ0n) is 12.4. The first kappa shape index (κ1) is 18.0. The van der Waals surface area contributed by atoms with E-state index in [-0.39, 0.29) is 13.0 Å². The molecule has 8 heteroatoms. The molecule has 1 rings (SSSR count). The second-order valence-electron chi connectivity index (χ2n) is 6.13. The number of piperidine rings is 1. The van der Waals surface area contributed by atoms with Crippen molar-refractivity contribution in [1.29, 1.82) is 0 Å². The number of carbonyl (C=O) groups is 1. The number of hydrogen-bond donors (Lipinski definition) is 1. The topological polar surface area (TPSA) is 59.0 Å². The number of aliphatic hydroxyl groups is 1. The zero-order valence-corrected chi connectivity index (χ0v) is 12.4. The highest BCUT2D eigenvalue weighted by Crippen LogP contribution is 2.24. The third kappa shape index (κ3) is 6.99. The van der Waals surface area contributed by atoms with Gasteiger partial charge in [-0.1, -0.05) is 0 Å². The van der Waals surface area contributed by atoms with Gasteiger partial charge in [-0.15, -0.1) is 13.2 Å².